The highest BCUT2D eigenvalue weighted by molar-refractivity contribution is 5.18. The van der Waals surface area contributed by atoms with Crippen molar-refractivity contribution in [3.8, 4) is 0 Å². The molecule has 0 aliphatic carbocycles. The van der Waals surface area contributed by atoms with Gasteiger partial charge >= 0.3 is 0 Å². The lowest BCUT2D eigenvalue weighted by Gasteiger charge is -2.14. The van der Waals surface area contributed by atoms with E-state index in [1.54, 1.807) is 0 Å². The Morgan fingerprint density at radius 1 is 1.38 bits per heavy atom. The molecule has 1 aliphatic rings. The van der Waals surface area contributed by atoms with Crippen LogP contribution < -0.4 is 5.32 Å². The smallest absolute Gasteiger partial charge is 0.163 e. The summed E-state index contributed by atoms with van der Waals surface area (Å²) in [5.74, 6) is -1.70. The van der Waals surface area contributed by atoms with Gasteiger partial charge in [0.25, 0.3) is 0 Å². The van der Waals surface area contributed by atoms with E-state index in [-0.39, 0.29) is 24.8 Å². The molecule has 1 aliphatic heterocycles. The second-order valence-electron chi connectivity index (χ2n) is 3.81. The first-order valence-electron chi connectivity index (χ1n) is 5.10. The van der Waals surface area contributed by atoms with Crippen LogP contribution in [-0.2, 0) is 11.3 Å². The van der Waals surface area contributed by atoms with Crippen LogP contribution in [0, 0.1) is 11.6 Å². The second-order valence-corrected chi connectivity index (χ2v) is 3.81. The van der Waals surface area contributed by atoms with E-state index in [1.807, 2.05) is 0 Å². The first kappa shape index (κ1) is 11.4. The monoisotopic (exact) mass is 229 g/mol. The Bertz CT molecular complexity index is 373. The van der Waals surface area contributed by atoms with E-state index in [0.29, 0.717) is 6.61 Å². The van der Waals surface area contributed by atoms with E-state index in [0.717, 1.165) is 6.07 Å². The number of hydrogen-bond acceptors (Lipinski definition) is 3. The number of benzene rings is 1. The quantitative estimate of drug-likeness (QED) is 0.806. The highest BCUT2D eigenvalue weighted by atomic mass is 19.2. The van der Waals surface area contributed by atoms with Crippen LogP contribution in [0.2, 0.25) is 0 Å². The van der Waals surface area contributed by atoms with Gasteiger partial charge in [0.2, 0.25) is 0 Å². The molecule has 2 rings (SSSR count). The molecule has 3 nitrogen and oxygen atoms in total. The van der Waals surface area contributed by atoms with Gasteiger partial charge in [-0.1, -0.05) is 12.1 Å². The molecule has 1 heterocycles. The zero-order valence-corrected chi connectivity index (χ0v) is 8.62. The fourth-order valence-corrected chi connectivity index (χ4v) is 1.66. The van der Waals surface area contributed by atoms with Gasteiger partial charge in [-0.15, -0.1) is 0 Å². The van der Waals surface area contributed by atoms with Crippen molar-refractivity contribution in [2.75, 3.05) is 13.2 Å². The summed E-state index contributed by atoms with van der Waals surface area (Å²) in [6, 6.07) is 3.82. The van der Waals surface area contributed by atoms with Crippen LogP contribution in [0.4, 0.5) is 8.78 Å². The largest absolute Gasteiger partial charge is 0.389 e. The Kier molecular flexibility index (Phi) is 3.48. The van der Waals surface area contributed by atoms with Crippen LogP contribution in [-0.4, -0.2) is 30.5 Å². The molecule has 2 N–H and O–H groups in total. The summed E-state index contributed by atoms with van der Waals surface area (Å²) in [6.45, 7) is 0.843. The number of aliphatic hydroxyl groups excluding tert-OH is 1. The van der Waals surface area contributed by atoms with Crippen molar-refractivity contribution in [1.29, 1.82) is 0 Å². The number of rotatable bonds is 3. The first-order chi connectivity index (χ1) is 7.68. The molecule has 1 aromatic rings. The lowest BCUT2D eigenvalue weighted by molar-refractivity contribution is 0.122. The van der Waals surface area contributed by atoms with Crippen molar-refractivity contribution in [3.63, 3.8) is 0 Å². The van der Waals surface area contributed by atoms with E-state index in [2.05, 4.69) is 5.32 Å². The fourth-order valence-electron chi connectivity index (χ4n) is 1.66. The Morgan fingerprint density at radius 3 is 2.88 bits per heavy atom. The molecular formula is C11H13F2NO2. The number of halogens is 2. The third-order valence-corrected chi connectivity index (χ3v) is 2.64. The molecule has 1 aromatic carbocycles. The van der Waals surface area contributed by atoms with Crippen LogP contribution in [0.15, 0.2) is 18.2 Å². The number of ether oxygens (including phenoxy) is 1. The van der Waals surface area contributed by atoms with Crippen LogP contribution in [0.5, 0.6) is 0 Å². The van der Waals surface area contributed by atoms with Gasteiger partial charge in [0.05, 0.1) is 25.4 Å². The lowest BCUT2D eigenvalue weighted by atomic mass is 10.1. The molecule has 16 heavy (non-hydrogen) atoms. The number of nitrogens with one attached hydrogen (secondary N) is 1. The zero-order valence-electron chi connectivity index (χ0n) is 8.62. The minimum Gasteiger partial charge on any atom is -0.389 e. The van der Waals surface area contributed by atoms with Gasteiger partial charge in [-0.3, -0.25) is 0 Å². The third kappa shape index (κ3) is 2.37. The Hall–Kier alpha value is -1.04. The Balaban J connectivity index is 1.96. The second kappa shape index (κ2) is 4.86. The summed E-state index contributed by atoms with van der Waals surface area (Å²) in [5.41, 5.74) is 0.249. The molecular weight excluding hydrogens is 216 g/mol. The number of aliphatic hydroxyl groups is 1. The topological polar surface area (TPSA) is 41.5 Å². The highest BCUT2D eigenvalue weighted by Gasteiger charge is 2.25. The van der Waals surface area contributed by atoms with Gasteiger partial charge in [0.15, 0.2) is 11.6 Å². The summed E-state index contributed by atoms with van der Waals surface area (Å²) in [4.78, 5) is 0. The van der Waals surface area contributed by atoms with Crippen LogP contribution >= 0.6 is 0 Å². The molecule has 5 heteroatoms. The van der Waals surface area contributed by atoms with Crippen LogP contribution in [0.1, 0.15) is 5.56 Å². The molecule has 0 spiro atoms. The molecule has 1 fully saturated rings. The molecule has 0 unspecified atom stereocenters. The van der Waals surface area contributed by atoms with Crippen LogP contribution in [0.25, 0.3) is 0 Å². The van der Waals surface area contributed by atoms with Crippen molar-refractivity contribution in [2.45, 2.75) is 18.7 Å². The van der Waals surface area contributed by atoms with Crippen molar-refractivity contribution in [2.24, 2.45) is 0 Å². The van der Waals surface area contributed by atoms with Gasteiger partial charge in [0, 0.05) is 12.1 Å². The molecule has 0 saturated carbocycles. The normalized spacial score (nSPS) is 24.9. The van der Waals surface area contributed by atoms with Gasteiger partial charge in [-0.05, 0) is 6.07 Å². The zero-order chi connectivity index (χ0) is 11.5. The molecule has 0 aromatic heterocycles. The Labute approximate surface area is 92.0 Å². The predicted molar refractivity (Wildman–Crippen MR) is 53.8 cm³/mol. The molecule has 1 saturated heterocycles. The molecule has 2 atom stereocenters. The van der Waals surface area contributed by atoms with Crippen LogP contribution in [0.3, 0.4) is 0 Å². The minimum atomic E-state index is -0.859. The lowest BCUT2D eigenvalue weighted by Crippen LogP contribution is -2.38. The fraction of sp³-hybridized carbons (Fsp3) is 0.455. The summed E-state index contributed by atoms with van der Waals surface area (Å²) in [5, 5.41) is 12.4. The van der Waals surface area contributed by atoms with Gasteiger partial charge in [0.1, 0.15) is 0 Å². The summed E-state index contributed by atoms with van der Waals surface area (Å²) in [6.07, 6.45) is -0.586. The average molecular weight is 229 g/mol. The molecule has 0 amide bonds. The van der Waals surface area contributed by atoms with E-state index in [1.165, 1.54) is 12.1 Å². The van der Waals surface area contributed by atoms with Crippen molar-refractivity contribution in [3.05, 3.63) is 35.4 Å². The SMILES string of the molecule is O[C@@H]1COC[C@H]1NCc1cccc(F)c1F. The maximum atomic E-state index is 13.3. The molecule has 0 radical (unpaired) electrons. The standard InChI is InChI=1S/C11H13F2NO2/c12-8-3-1-2-7(11(8)13)4-14-9-5-16-6-10(9)15/h1-3,9-10,14-15H,4-6H2/t9-,10-/m1/s1. The average Bonchev–Trinajstić information content (AvgIpc) is 2.67. The molecule has 88 valence electrons. The van der Waals surface area contributed by atoms with E-state index >= 15 is 0 Å². The van der Waals surface area contributed by atoms with E-state index in [9.17, 15) is 13.9 Å². The van der Waals surface area contributed by atoms with Crippen molar-refractivity contribution in [1.82, 2.24) is 5.32 Å². The molecule has 0 bridgehead atoms. The van der Waals surface area contributed by atoms with Crippen molar-refractivity contribution < 1.29 is 18.6 Å². The first-order valence-corrected chi connectivity index (χ1v) is 5.10. The minimum absolute atomic E-state index is 0.175. The van der Waals surface area contributed by atoms with E-state index < -0.39 is 17.7 Å². The number of hydrogen-bond donors (Lipinski definition) is 2. The van der Waals surface area contributed by atoms with Gasteiger partial charge in [-0.2, -0.15) is 0 Å². The van der Waals surface area contributed by atoms with Gasteiger partial charge in [-0.25, -0.2) is 8.78 Å². The maximum absolute atomic E-state index is 13.3. The Morgan fingerprint density at radius 2 is 2.19 bits per heavy atom. The van der Waals surface area contributed by atoms with Gasteiger partial charge < -0.3 is 15.2 Å². The summed E-state index contributed by atoms with van der Waals surface area (Å²) < 4.78 is 31.2. The van der Waals surface area contributed by atoms with E-state index in [4.69, 9.17) is 4.74 Å². The maximum Gasteiger partial charge on any atom is 0.163 e. The third-order valence-electron chi connectivity index (χ3n) is 2.64. The summed E-state index contributed by atoms with van der Waals surface area (Å²) in [7, 11) is 0. The highest BCUT2D eigenvalue weighted by Crippen LogP contribution is 2.12. The predicted octanol–water partition coefficient (Wildman–Crippen LogP) is 0.814. The summed E-state index contributed by atoms with van der Waals surface area (Å²) >= 11 is 0. The van der Waals surface area contributed by atoms with Crippen molar-refractivity contribution >= 4 is 0 Å².